The molecule has 3 heterocycles. The van der Waals surface area contributed by atoms with E-state index >= 15 is 0 Å². The fraction of sp³-hybridized carbons (Fsp3) is 0.667. The molecule has 0 unspecified atom stereocenters. The zero-order chi connectivity index (χ0) is 19.5. The van der Waals surface area contributed by atoms with E-state index in [0.29, 0.717) is 17.7 Å². The number of anilines is 1. The summed E-state index contributed by atoms with van der Waals surface area (Å²) in [6, 6.07) is 0.262. The first-order chi connectivity index (χ1) is 13.6. The Kier molecular flexibility index (Phi) is 5.92. The number of hydrogen-bond acceptors (Lipinski definition) is 7. The minimum atomic E-state index is -0.175. The van der Waals surface area contributed by atoms with Crippen LogP contribution in [0.15, 0.2) is 12.4 Å². The summed E-state index contributed by atoms with van der Waals surface area (Å²) in [4.78, 5) is 14.0. The van der Waals surface area contributed by atoms with Gasteiger partial charge in [-0.25, -0.2) is 15.0 Å². The SMILES string of the molecule is CC(C)Nc1ncc2c(OC3CCNCC3)ncc(C3CCC(O)CC3)c2n1. The summed E-state index contributed by atoms with van der Waals surface area (Å²) >= 11 is 0. The van der Waals surface area contributed by atoms with Gasteiger partial charge in [-0.3, -0.25) is 0 Å². The van der Waals surface area contributed by atoms with Gasteiger partial charge in [0.2, 0.25) is 11.8 Å². The van der Waals surface area contributed by atoms with Gasteiger partial charge < -0.3 is 20.5 Å². The number of piperidine rings is 1. The topological polar surface area (TPSA) is 92.2 Å². The zero-order valence-electron chi connectivity index (χ0n) is 16.8. The molecule has 7 nitrogen and oxygen atoms in total. The Bertz CT molecular complexity index is 799. The highest BCUT2D eigenvalue weighted by Crippen LogP contribution is 2.38. The summed E-state index contributed by atoms with van der Waals surface area (Å²) in [5, 5.41) is 17.4. The van der Waals surface area contributed by atoms with Gasteiger partial charge >= 0.3 is 0 Å². The average molecular weight is 386 g/mol. The number of ether oxygens (including phenoxy) is 1. The first-order valence-electron chi connectivity index (χ1n) is 10.6. The third kappa shape index (κ3) is 4.36. The van der Waals surface area contributed by atoms with Crippen LogP contribution < -0.4 is 15.4 Å². The Hall–Kier alpha value is -1.99. The van der Waals surface area contributed by atoms with Crippen LogP contribution in [0.2, 0.25) is 0 Å². The molecule has 3 N–H and O–H groups in total. The molecule has 1 aliphatic carbocycles. The highest BCUT2D eigenvalue weighted by molar-refractivity contribution is 5.86. The van der Waals surface area contributed by atoms with Crippen molar-refractivity contribution >= 4 is 16.9 Å². The minimum Gasteiger partial charge on any atom is -0.474 e. The lowest BCUT2D eigenvalue weighted by molar-refractivity contribution is 0.122. The zero-order valence-corrected chi connectivity index (χ0v) is 16.8. The normalized spacial score (nSPS) is 23.9. The van der Waals surface area contributed by atoms with Crippen LogP contribution in [-0.2, 0) is 0 Å². The fourth-order valence-corrected chi connectivity index (χ4v) is 4.20. The number of hydrogen-bond donors (Lipinski definition) is 3. The third-order valence-electron chi connectivity index (χ3n) is 5.73. The Labute approximate surface area is 166 Å². The largest absolute Gasteiger partial charge is 0.474 e. The Morgan fingerprint density at radius 1 is 1.07 bits per heavy atom. The van der Waals surface area contributed by atoms with Crippen molar-refractivity contribution in [2.24, 2.45) is 0 Å². The van der Waals surface area contributed by atoms with Gasteiger partial charge in [-0.15, -0.1) is 0 Å². The molecule has 7 heteroatoms. The molecule has 4 rings (SSSR count). The van der Waals surface area contributed by atoms with Gasteiger partial charge in [0.25, 0.3) is 0 Å². The molecule has 2 aliphatic rings. The van der Waals surface area contributed by atoms with E-state index in [9.17, 15) is 5.11 Å². The maximum Gasteiger partial charge on any atom is 0.224 e. The van der Waals surface area contributed by atoms with E-state index in [-0.39, 0.29) is 18.2 Å². The maximum atomic E-state index is 9.88. The molecule has 2 aromatic heterocycles. The summed E-state index contributed by atoms with van der Waals surface area (Å²) in [5.41, 5.74) is 2.08. The molecule has 1 saturated heterocycles. The molecule has 28 heavy (non-hydrogen) atoms. The summed E-state index contributed by atoms with van der Waals surface area (Å²) < 4.78 is 6.26. The van der Waals surface area contributed by atoms with Gasteiger partial charge in [-0.1, -0.05) is 0 Å². The number of nitrogens with one attached hydrogen (secondary N) is 2. The lowest BCUT2D eigenvalue weighted by Gasteiger charge is -2.27. The second-order valence-corrected chi connectivity index (χ2v) is 8.35. The molecule has 1 saturated carbocycles. The van der Waals surface area contributed by atoms with E-state index in [1.54, 1.807) is 0 Å². The van der Waals surface area contributed by atoms with E-state index in [1.165, 1.54) is 0 Å². The van der Waals surface area contributed by atoms with E-state index in [4.69, 9.17) is 9.72 Å². The molecule has 0 atom stereocenters. The minimum absolute atomic E-state index is 0.175. The van der Waals surface area contributed by atoms with Crippen molar-refractivity contribution in [2.75, 3.05) is 18.4 Å². The fourth-order valence-electron chi connectivity index (χ4n) is 4.20. The van der Waals surface area contributed by atoms with E-state index in [2.05, 4.69) is 34.4 Å². The molecule has 0 amide bonds. The average Bonchev–Trinajstić information content (AvgIpc) is 2.69. The molecule has 0 bridgehead atoms. The smallest absolute Gasteiger partial charge is 0.224 e. The monoisotopic (exact) mass is 385 g/mol. The predicted octanol–water partition coefficient (Wildman–Crippen LogP) is 2.99. The van der Waals surface area contributed by atoms with Crippen molar-refractivity contribution in [3.63, 3.8) is 0 Å². The van der Waals surface area contributed by atoms with Crippen LogP contribution in [0.4, 0.5) is 5.95 Å². The summed E-state index contributed by atoms with van der Waals surface area (Å²) in [7, 11) is 0. The Morgan fingerprint density at radius 2 is 1.82 bits per heavy atom. The Morgan fingerprint density at radius 3 is 2.54 bits per heavy atom. The molecule has 1 aliphatic heterocycles. The van der Waals surface area contributed by atoms with Crippen LogP contribution >= 0.6 is 0 Å². The number of nitrogens with zero attached hydrogens (tertiary/aromatic N) is 3. The van der Waals surface area contributed by atoms with Crippen LogP contribution in [0.25, 0.3) is 10.9 Å². The molecule has 0 spiro atoms. The molecule has 2 fully saturated rings. The lowest BCUT2D eigenvalue weighted by Crippen LogP contribution is -2.34. The summed E-state index contributed by atoms with van der Waals surface area (Å²) in [6.45, 7) is 6.11. The quantitative estimate of drug-likeness (QED) is 0.729. The highest BCUT2D eigenvalue weighted by Gasteiger charge is 2.25. The molecule has 0 radical (unpaired) electrons. The van der Waals surface area contributed by atoms with E-state index < -0.39 is 0 Å². The van der Waals surface area contributed by atoms with Crippen molar-refractivity contribution in [2.45, 2.75) is 76.5 Å². The molecular formula is C21H31N5O2. The van der Waals surface area contributed by atoms with Crippen LogP contribution in [0.5, 0.6) is 5.88 Å². The number of rotatable bonds is 5. The summed E-state index contributed by atoms with van der Waals surface area (Å²) in [6.07, 6.45) is 9.35. The van der Waals surface area contributed by atoms with Gasteiger partial charge in [-0.2, -0.15) is 0 Å². The van der Waals surface area contributed by atoms with Gasteiger partial charge in [-0.05, 0) is 71.4 Å². The van der Waals surface area contributed by atoms with E-state index in [1.807, 2.05) is 12.4 Å². The molecule has 0 aromatic carbocycles. The van der Waals surface area contributed by atoms with Crippen LogP contribution in [-0.4, -0.2) is 51.4 Å². The second-order valence-electron chi connectivity index (χ2n) is 8.35. The number of aliphatic hydroxyl groups is 1. The first kappa shape index (κ1) is 19.3. The van der Waals surface area contributed by atoms with Gasteiger partial charge in [0.05, 0.1) is 17.0 Å². The molecule has 152 valence electrons. The van der Waals surface area contributed by atoms with Crippen molar-refractivity contribution in [1.29, 1.82) is 0 Å². The van der Waals surface area contributed by atoms with Crippen LogP contribution in [0.3, 0.4) is 0 Å². The van der Waals surface area contributed by atoms with E-state index in [0.717, 1.165) is 68.1 Å². The predicted molar refractivity (Wildman–Crippen MR) is 110 cm³/mol. The summed E-state index contributed by atoms with van der Waals surface area (Å²) in [5.74, 6) is 1.64. The number of fused-ring (bicyclic) bond motifs is 1. The standard InChI is InChI=1S/C21H31N5O2/c1-13(2)25-21-24-12-18-19(26-21)17(14-3-5-15(27)6-4-14)11-23-20(18)28-16-7-9-22-10-8-16/h11-16,22,27H,3-10H2,1-2H3,(H,24,25,26). The maximum absolute atomic E-state index is 9.88. The van der Waals surface area contributed by atoms with Crippen molar-refractivity contribution in [1.82, 2.24) is 20.3 Å². The highest BCUT2D eigenvalue weighted by atomic mass is 16.5. The third-order valence-corrected chi connectivity index (χ3v) is 5.73. The molecule has 2 aromatic rings. The Balaban J connectivity index is 1.70. The van der Waals surface area contributed by atoms with Crippen molar-refractivity contribution < 1.29 is 9.84 Å². The number of pyridine rings is 1. The molecular weight excluding hydrogens is 354 g/mol. The second kappa shape index (κ2) is 8.57. The van der Waals surface area contributed by atoms with Gasteiger partial charge in [0.15, 0.2) is 0 Å². The number of aromatic nitrogens is 3. The van der Waals surface area contributed by atoms with Crippen molar-refractivity contribution in [3.8, 4) is 5.88 Å². The van der Waals surface area contributed by atoms with Crippen LogP contribution in [0, 0.1) is 0 Å². The van der Waals surface area contributed by atoms with Gasteiger partial charge in [0.1, 0.15) is 6.10 Å². The van der Waals surface area contributed by atoms with Crippen molar-refractivity contribution in [3.05, 3.63) is 18.0 Å². The van der Waals surface area contributed by atoms with Crippen LogP contribution in [0.1, 0.15) is 63.9 Å². The lowest BCUT2D eigenvalue weighted by atomic mass is 9.83. The van der Waals surface area contributed by atoms with Gasteiger partial charge in [0, 0.05) is 24.0 Å². The number of aliphatic hydroxyl groups excluding tert-OH is 1. The first-order valence-corrected chi connectivity index (χ1v) is 10.6.